The highest BCUT2D eigenvalue weighted by Gasteiger charge is 2.09. The van der Waals surface area contributed by atoms with Gasteiger partial charge in [-0.1, -0.05) is 35.5 Å². The first-order valence-corrected chi connectivity index (χ1v) is 6.63. The predicted molar refractivity (Wildman–Crippen MR) is 78.9 cm³/mol. The number of para-hydroxylation sites is 1. The van der Waals surface area contributed by atoms with Crippen molar-refractivity contribution in [1.29, 1.82) is 0 Å². The monoisotopic (exact) mass is 281 g/mol. The van der Waals surface area contributed by atoms with E-state index < -0.39 is 0 Å². The van der Waals surface area contributed by atoms with E-state index in [-0.39, 0.29) is 5.75 Å². The molecule has 3 aromatic rings. The highest BCUT2D eigenvalue weighted by Crippen LogP contribution is 2.16. The van der Waals surface area contributed by atoms with Crippen LogP contribution in [0.15, 0.2) is 53.1 Å². The minimum atomic E-state index is 0.243. The molecule has 0 aliphatic heterocycles. The first-order chi connectivity index (χ1) is 10.2. The topological polar surface area (TPSA) is 85.2 Å². The van der Waals surface area contributed by atoms with Crippen LogP contribution in [0.3, 0.4) is 0 Å². The SMILES string of the molecule is Nc1ccccc1Cc1nc(Cc2ccc(O)cc2)no1. The molecule has 1 aromatic heterocycles. The molecule has 0 fully saturated rings. The third-order valence-electron chi connectivity index (χ3n) is 3.21. The number of anilines is 1. The Labute approximate surface area is 122 Å². The van der Waals surface area contributed by atoms with E-state index in [4.69, 9.17) is 10.3 Å². The van der Waals surface area contributed by atoms with E-state index in [1.807, 2.05) is 36.4 Å². The lowest BCUT2D eigenvalue weighted by Gasteiger charge is -2.00. The van der Waals surface area contributed by atoms with Crippen LogP contribution in [0.25, 0.3) is 0 Å². The second kappa shape index (κ2) is 5.66. The van der Waals surface area contributed by atoms with E-state index in [1.165, 1.54) is 0 Å². The van der Waals surface area contributed by atoms with Gasteiger partial charge in [-0.2, -0.15) is 4.98 Å². The van der Waals surface area contributed by atoms with Crippen LogP contribution in [0.2, 0.25) is 0 Å². The molecule has 3 rings (SSSR count). The zero-order valence-corrected chi connectivity index (χ0v) is 11.4. The third-order valence-corrected chi connectivity index (χ3v) is 3.21. The Morgan fingerprint density at radius 1 is 1.00 bits per heavy atom. The van der Waals surface area contributed by atoms with Crippen LogP contribution in [0, 0.1) is 0 Å². The van der Waals surface area contributed by atoms with Gasteiger partial charge in [0.1, 0.15) is 5.75 Å². The molecule has 0 saturated carbocycles. The van der Waals surface area contributed by atoms with Gasteiger partial charge >= 0.3 is 0 Å². The molecule has 5 heteroatoms. The van der Waals surface area contributed by atoms with Gasteiger partial charge in [0.2, 0.25) is 5.89 Å². The molecule has 106 valence electrons. The van der Waals surface area contributed by atoms with E-state index in [9.17, 15) is 5.11 Å². The molecule has 0 aliphatic rings. The molecule has 0 saturated heterocycles. The summed E-state index contributed by atoms with van der Waals surface area (Å²) in [6.45, 7) is 0. The van der Waals surface area contributed by atoms with E-state index in [1.54, 1.807) is 12.1 Å². The summed E-state index contributed by atoms with van der Waals surface area (Å²) < 4.78 is 5.25. The van der Waals surface area contributed by atoms with Crippen LogP contribution >= 0.6 is 0 Å². The average Bonchev–Trinajstić information content (AvgIpc) is 2.91. The predicted octanol–water partition coefficient (Wildman–Crippen LogP) is 2.54. The average molecular weight is 281 g/mol. The summed E-state index contributed by atoms with van der Waals surface area (Å²) in [4.78, 5) is 4.37. The largest absolute Gasteiger partial charge is 0.508 e. The van der Waals surface area contributed by atoms with Crippen molar-refractivity contribution in [3.05, 3.63) is 71.4 Å². The summed E-state index contributed by atoms with van der Waals surface area (Å²) in [5, 5.41) is 13.2. The number of hydrogen-bond donors (Lipinski definition) is 2. The molecule has 21 heavy (non-hydrogen) atoms. The number of benzene rings is 2. The number of nitrogen functional groups attached to an aromatic ring is 1. The summed E-state index contributed by atoms with van der Waals surface area (Å²) in [5.74, 6) is 1.40. The summed E-state index contributed by atoms with van der Waals surface area (Å²) in [7, 11) is 0. The van der Waals surface area contributed by atoms with E-state index >= 15 is 0 Å². The van der Waals surface area contributed by atoms with E-state index in [0.29, 0.717) is 24.6 Å². The highest BCUT2D eigenvalue weighted by atomic mass is 16.5. The molecule has 5 nitrogen and oxygen atoms in total. The molecule has 2 aromatic carbocycles. The standard InChI is InChI=1S/C16H15N3O2/c17-14-4-2-1-3-12(14)10-16-18-15(19-21-16)9-11-5-7-13(20)8-6-11/h1-8,20H,9-10,17H2. The van der Waals surface area contributed by atoms with Gasteiger partial charge in [0.25, 0.3) is 0 Å². The lowest BCUT2D eigenvalue weighted by molar-refractivity contribution is 0.380. The lowest BCUT2D eigenvalue weighted by Crippen LogP contribution is -1.96. The summed E-state index contributed by atoms with van der Waals surface area (Å²) in [6.07, 6.45) is 1.09. The molecular formula is C16H15N3O2. The van der Waals surface area contributed by atoms with Crippen molar-refractivity contribution in [2.75, 3.05) is 5.73 Å². The van der Waals surface area contributed by atoms with E-state index in [0.717, 1.165) is 16.8 Å². The summed E-state index contributed by atoms with van der Waals surface area (Å²) in [6, 6.07) is 14.6. The molecule has 3 N–H and O–H groups in total. The third kappa shape index (κ3) is 3.20. The Kier molecular flexibility index (Phi) is 3.55. The number of rotatable bonds is 4. The smallest absolute Gasteiger partial charge is 0.231 e. The quantitative estimate of drug-likeness (QED) is 0.718. The minimum absolute atomic E-state index is 0.243. The molecule has 0 aliphatic carbocycles. The van der Waals surface area contributed by atoms with Gasteiger partial charge in [-0.25, -0.2) is 0 Å². The Balaban J connectivity index is 1.72. The van der Waals surface area contributed by atoms with Crippen molar-refractivity contribution in [3.63, 3.8) is 0 Å². The van der Waals surface area contributed by atoms with Gasteiger partial charge < -0.3 is 15.4 Å². The van der Waals surface area contributed by atoms with Crippen molar-refractivity contribution < 1.29 is 9.63 Å². The van der Waals surface area contributed by atoms with Gasteiger partial charge in [0.05, 0.1) is 6.42 Å². The molecule has 0 atom stereocenters. The summed E-state index contributed by atoms with van der Waals surface area (Å²) in [5.41, 5.74) is 8.60. The number of aromatic nitrogens is 2. The zero-order valence-electron chi connectivity index (χ0n) is 11.4. The number of nitrogens with two attached hydrogens (primary N) is 1. The zero-order chi connectivity index (χ0) is 14.7. The molecule has 0 unspecified atom stereocenters. The number of nitrogens with zero attached hydrogens (tertiary/aromatic N) is 2. The van der Waals surface area contributed by atoms with Crippen molar-refractivity contribution in [1.82, 2.24) is 10.1 Å². The van der Waals surface area contributed by atoms with Crippen LogP contribution in [-0.4, -0.2) is 15.2 Å². The Morgan fingerprint density at radius 3 is 2.52 bits per heavy atom. The van der Waals surface area contributed by atoms with Crippen LogP contribution in [0.4, 0.5) is 5.69 Å². The Morgan fingerprint density at radius 2 is 1.76 bits per heavy atom. The summed E-state index contributed by atoms with van der Waals surface area (Å²) >= 11 is 0. The van der Waals surface area contributed by atoms with Gasteiger partial charge in [-0.15, -0.1) is 0 Å². The maximum atomic E-state index is 9.26. The molecule has 0 amide bonds. The van der Waals surface area contributed by atoms with E-state index in [2.05, 4.69) is 10.1 Å². The molecule has 1 heterocycles. The fourth-order valence-corrected chi connectivity index (χ4v) is 2.09. The second-order valence-electron chi connectivity index (χ2n) is 4.82. The highest BCUT2D eigenvalue weighted by molar-refractivity contribution is 5.47. The lowest BCUT2D eigenvalue weighted by atomic mass is 10.1. The number of phenols is 1. The maximum absolute atomic E-state index is 9.26. The van der Waals surface area contributed by atoms with Crippen LogP contribution in [-0.2, 0) is 12.8 Å². The van der Waals surface area contributed by atoms with Crippen molar-refractivity contribution in [3.8, 4) is 5.75 Å². The van der Waals surface area contributed by atoms with Crippen molar-refractivity contribution in [2.45, 2.75) is 12.8 Å². The molecular weight excluding hydrogens is 266 g/mol. The van der Waals surface area contributed by atoms with Crippen molar-refractivity contribution >= 4 is 5.69 Å². The van der Waals surface area contributed by atoms with Crippen LogP contribution in [0.5, 0.6) is 5.75 Å². The normalized spacial score (nSPS) is 10.7. The Hall–Kier alpha value is -2.82. The maximum Gasteiger partial charge on any atom is 0.231 e. The molecule has 0 spiro atoms. The number of aromatic hydroxyl groups is 1. The van der Waals surface area contributed by atoms with Gasteiger partial charge in [-0.3, -0.25) is 0 Å². The fourth-order valence-electron chi connectivity index (χ4n) is 2.09. The Bertz CT molecular complexity index is 735. The van der Waals surface area contributed by atoms with Crippen LogP contribution < -0.4 is 5.73 Å². The fraction of sp³-hybridized carbons (Fsp3) is 0.125. The van der Waals surface area contributed by atoms with Gasteiger partial charge in [0.15, 0.2) is 5.82 Å². The van der Waals surface area contributed by atoms with Crippen LogP contribution in [0.1, 0.15) is 22.8 Å². The first-order valence-electron chi connectivity index (χ1n) is 6.63. The van der Waals surface area contributed by atoms with Gasteiger partial charge in [0, 0.05) is 12.1 Å². The van der Waals surface area contributed by atoms with Gasteiger partial charge in [-0.05, 0) is 29.3 Å². The number of phenolic OH excluding ortho intramolecular Hbond substituents is 1. The van der Waals surface area contributed by atoms with Crippen molar-refractivity contribution in [2.24, 2.45) is 0 Å². The molecule has 0 bridgehead atoms. The second-order valence-corrected chi connectivity index (χ2v) is 4.82. The molecule has 0 radical (unpaired) electrons. The first kappa shape index (κ1) is 13.2. The number of hydrogen-bond acceptors (Lipinski definition) is 5. The minimum Gasteiger partial charge on any atom is -0.508 e.